The highest BCUT2D eigenvalue weighted by Crippen LogP contribution is 2.25. The topological polar surface area (TPSA) is 52.6 Å². The maximum atomic E-state index is 12.0. The minimum Gasteiger partial charge on any atom is -0.391 e. The SMILES string of the molecule is CC1CCN(C(=O)Nc2ccc(Cl)c(Cl)c2)CC1O. The number of likely N-dealkylation sites (tertiary alicyclic amines) is 1. The molecule has 4 nitrogen and oxygen atoms in total. The molecular weight excluding hydrogens is 287 g/mol. The van der Waals surface area contributed by atoms with Gasteiger partial charge in [-0.3, -0.25) is 0 Å². The number of carbonyl (C=O) groups excluding carboxylic acids is 1. The number of aliphatic hydroxyl groups excluding tert-OH is 1. The van der Waals surface area contributed by atoms with Gasteiger partial charge in [0, 0.05) is 18.8 Å². The van der Waals surface area contributed by atoms with Gasteiger partial charge < -0.3 is 15.3 Å². The van der Waals surface area contributed by atoms with Gasteiger partial charge in [-0.2, -0.15) is 0 Å². The molecule has 2 amide bonds. The Morgan fingerprint density at radius 2 is 2.16 bits per heavy atom. The molecule has 104 valence electrons. The van der Waals surface area contributed by atoms with Crippen LogP contribution in [0.5, 0.6) is 0 Å². The molecule has 1 heterocycles. The Kier molecular flexibility index (Phi) is 4.55. The van der Waals surface area contributed by atoms with Crippen molar-refractivity contribution in [3.05, 3.63) is 28.2 Å². The summed E-state index contributed by atoms with van der Waals surface area (Å²) in [6.45, 7) is 2.98. The monoisotopic (exact) mass is 302 g/mol. The van der Waals surface area contributed by atoms with Crippen LogP contribution in [-0.4, -0.2) is 35.2 Å². The van der Waals surface area contributed by atoms with E-state index in [1.807, 2.05) is 6.92 Å². The van der Waals surface area contributed by atoms with Gasteiger partial charge in [0.05, 0.1) is 16.1 Å². The van der Waals surface area contributed by atoms with Crippen LogP contribution in [0.3, 0.4) is 0 Å². The van der Waals surface area contributed by atoms with Crippen LogP contribution in [0.4, 0.5) is 10.5 Å². The molecule has 0 bridgehead atoms. The number of hydrogen-bond donors (Lipinski definition) is 2. The largest absolute Gasteiger partial charge is 0.391 e. The second-order valence-corrected chi connectivity index (χ2v) is 5.65. The number of urea groups is 1. The van der Waals surface area contributed by atoms with Gasteiger partial charge in [-0.1, -0.05) is 30.1 Å². The zero-order chi connectivity index (χ0) is 14.0. The molecule has 0 radical (unpaired) electrons. The third kappa shape index (κ3) is 3.53. The molecule has 0 aromatic heterocycles. The van der Waals surface area contributed by atoms with E-state index in [9.17, 15) is 9.90 Å². The van der Waals surface area contributed by atoms with Crippen molar-refractivity contribution in [2.45, 2.75) is 19.4 Å². The number of β-amino-alcohol motifs (C(OH)–C–C–N with tert-alkyl or cyclic N) is 1. The molecule has 1 aromatic carbocycles. The molecule has 1 aromatic rings. The molecule has 2 rings (SSSR count). The van der Waals surface area contributed by atoms with E-state index < -0.39 is 6.10 Å². The fraction of sp³-hybridized carbons (Fsp3) is 0.462. The first kappa shape index (κ1) is 14.4. The van der Waals surface area contributed by atoms with Crippen molar-refractivity contribution in [1.82, 2.24) is 4.90 Å². The summed E-state index contributed by atoms with van der Waals surface area (Å²) in [5.74, 6) is 0.231. The summed E-state index contributed by atoms with van der Waals surface area (Å²) in [5.41, 5.74) is 0.590. The summed E-state index contributed by atoms with van der Waals surface area (Å²) in [4.78, 5) is 13.6. The van der Waals surface area contributed by atoms with Crippen LogP contribution < -0.4 is 5.32 Å². The van der Waals surface area contributed by atoms with Gasteiger partial charge >= 0.3 is 6.03 Å². The molecule has 6 heteroatoms. The standard InChI is InChI=1S/C13H16Cl2N2O2/c1-8-4-5-17(7-12(8)18)13(19)16-9-2-3-10(14)11(15)6-9/h2-3,6,8,12,18H,4-5,7H2,1H3,(H,16,19). The van der Waals surface area contributed by atoms with Crippen molar-refractivity contribution < 1.29 is 9.90 Å². The lowest BCUT2D eigenvalue weighted by molar-refractivity contribution is 0.0464. The second kappa shape index (κ2) is 5.99. The maximum absolute atomic E-state index is 12.0. The minimum absolute atomic E-state index is 0.231. The van der Waals surface area contributed by atoms with E-state index in [0.717, 1.165) is 6.42 Å². The van der Waals surface area contributed by atoms with Gasteiger partial charge in [0.2, 0.25) is 0 Å². The maximum Gasteiger partial charge on any atom is 0.321 e. The van der Waals surface area contributed by atoms with E-state index >= 15 is 0 Å². The zero-order valence-corrected chi connectivity index (χ0v) is 12.1. The van der Waals surface area contributed by atoms with Crippen LogP contribution in [0, 0.1) is 5.92 Å². The molecule has 2 atom stereocenters. The molecule has 1 aliphatic heterocycles. The zero-order valence-electron chi connectivity index (χ0n) is 10.6. The Morgan fingerprint density at radius 1 is 1.42 bits per heavy atom. The first-order valence-corrected chi connectivity index (χ1v) is 6.92. The van der Waals surface area contributed by atoms with E-state index in [0.29, 0.717) is 28.8 Å². The molecule has 0 saturated carbocycles. The summed E-state index contributed by atoms with van der Waals surface area (Å²) in [7, 11) is 0. The van der Waals surface area contributed by atoms with Crippen LogP contribution in [0.1, 0.15) is 13.3 Å². The third-order valence-electron chi connectivity index (χ3n) is 3.38. The molecule has 2 unspecified atom stereocenters. The van der Waals surface area contributed by atoms with Gasteiger partial charge in [-0.15, -0.1) is 0 Å². The highest BCUT2D eigenvalue weighted by molar-refractivity contribution is 6.42. The third-order valence-corrected chi connectivity index (χ3v) is 4.12. The molecular formula is C13H16Cl2N2O2. The molecule has 0 spiro atoms. The summed E-state index contributed by atoms with van der Waals surface area (Å²) in [5, 5.41) is 13.4. The van der Waals surface area contributed by atoms with Crippen LogP contribution in [0.15, 0.2) is 18.2 Å². The average molecular weight is 303 g/mol. The quantitative estimate of drug-likeness (QED) is 0.837. The Labute approximate surface area is 122 Å². The van der Waals surface area contributed by atoms with E-state index in [2.05, 4.69) is 5.32 Å². The first-order chi connectivity index (χ1) is 8.97. The number of hydrogen-bond acceptors (Lipinski definition) is 2. The second-order valence-electron chi connectivity index (χ2n) is 4.84. The van der Waals surface area contributed by atoms with E-state index in [1.165, 1.54) is 0 Å². The van der Waals surface area contributed by atoms with Gasteiger partial charge in [0.1, 0.15) is 0 Å². The highest BCUT2D eigenvalue weighted by atomic mass is 35.5. The Bertz CT molecular complexity index is 482. The van der Waals surface area contributed by atoms with E-state index in [1.54, 1.807) is 23.1 Å². The number of rotatable bonds is 1. The Hall–Kier alpha value is -0.970. The lowest BCUT2D eigenvalue weighted by Gasteiger charge is -2.34. The van der Waals surface area contributed by atoms with Gasteiger partial charge in [-0.05, 0) is 30.5 Å². The lowest BCUT2D eigenvalue weighted by atomic mass is 9.96. The normalized spacial score (nSPS) is 23.3. The number of anilines is 1. The molecule has 2 N–H and O–H groups in total. The predicted octanol–water partition coefficient (Wildman–Crippen LogP) is 3.23. The van der Waals surface area contributed by atoms with Crippen LogP contribution >= 0.6 is 23.2 Å². The van der Waals surface area contributed by atoms with E-state index in [-0.39, 0.29) is 11.9 Å². The minimum atomic E-state index is -0.465. The number of aliphatic hydroxyl groups is 1. The summed E-state index contributed by atoms with van der Waals surface area (Å²) in [6, 6.07) is 4.69. The number of carbonyl (C=O) groups is 1. The molecule has 1 saturated heterocycles. The van der Waals surface area contributed by atoms with Gasteiger partial charge in [0.15, 0.2) is 0 Å². The summed E-state index contributed by atoms with van der Waals surface area (Å²) >= 11 is 11.7. The number of halogens is 2. The molecule has 1 fully saturated rings. The number of nitrogens with zero attached hydrogens (tertiary/aromatic N) is 1. The Morgan fingerprint density at radius 3 is 2.79 bits per heavy atom. The number of piperidine rings is 1. The Balaban J connectivity index is 1.99. The summed E-state index contributed by atoms with van der Waals surface area (Å²) in [6.07, 6.45) is 0.337. The van der Waals surface area contributed by atoms with Crippen molar-refractivity contribution in [3.63, 3.8) is 0 Å². The van der Waals surface area contributed by atoms with Gasteiger partial charge in [0.25, 0.3) is 0 Å². The van der Waals surface area contributed by atoms with Crippen molar-refractivity contribution in [2.75, 3.05) is 18.4 Å². The number of benzene rings is 1. The lowest BCUT2D eigenvalue weighted by Crippen LogP contribution is -2.47. The molecule has 1 aliphatic rings. The smallest absolute Gasteiger partial charge is 0.321 e. The highest BCUT2D eigenvalue weighted by Gasteiger charge is 2.27. The predicted molar refractivity (Wildman–Crippen MR) is 76.8 cm³/mol. The van der Waals surface area contributed by atoms with E-state index in [4.69, 9.17) is 23.2 Å². The van der Waals surface area contributed by atoms with Crippen molar-refractivity contribution in [1.29, 1.82) is 0 Å². The van der Waals surface area contributed by atoms with Crippen molar-refractivity contribution in [3.8, 4) is 0 Å². The fourth-order valence-electron chi connectivity index (χ4n) is 2.01. The van der Waals surface area contributed by atoms with Crippen molar-refractivity contribution >= 4 is 34.9 Å². The fourth-order valence-corrected chi connectivity index (χ4v) is 2.31. The average Bonchev–Trinajstić information content (AvgIpc) is 2.37. The van der Waals surface area contributed by atoms with Crippen molar-refractivity contribution in [2.24, 2.45) is 5.92 Å². The van der Waals surface area contributed by atoms with Crippen LogP contribution in [0.25, 0.3) is 0 Å². The van der Waals surface area contributed by atoms with Crippen LogP contribution in [0.2, 0.25) is 10.0 Å². The molecule has 19 heavy (non-hydrogen) atoms. The van der Waals surface area contributed by atoms with Crippen LogP contribution in [-0.2, 0) is 0 Å². The number of nitrogens with one attached hydrogen (secondary N) is 1. The molecule has 0 aliphatic carbocycles. The first-order valence-electron chi connectivity index (χ1n) is 6.16. The number of amides is 2. The van der Waals surface area contributed by atoms with Gasteiger partial charge in [-0.25, -0.2) is 4.79 Å². The summed E-state index contributed by atoms with van der Waals surface area (Å²) < 4.78 is 0.